The number of benzene rings is 1. The topological polar surface area (TPSA) is 52.8 Å². The van der Waals surface area contributed by atoms with E-state index in [0.717, 1.165) is 40.3 Å². The second-order valence-electron chi connectivity index (χ2n) is 4.89. The monoisotopic (exact) mass is 326 g/mol. The van der Waals surface area contributed by atoms with E-state index in [9.17, 15) is 0 Å². The quantitative estimate of drug-likeness (QED) is 0.647. The molecule has 0 unspecified atom stereocenters. The number of nitrogens with zero attached hydrogens (tertiary/aromatic N) is 4. The summed E-state index contributed by atoms with van der Waals surface area (Å²) in [5.41, 5.74) is 2.07. The van der Waals surface area contributed by atoms with Crippen molar-refractivity contribution in [2.75, 3.05) is 7.11 Å². The maximum atomic E-state index is 5.20. The Balaban J connectivity index is 1.81. The number of thioether (sulfide) groups is 1. The van der Waals surface area contributed by atoms with E-state index in [1.165, 1.54) is 0 Å². The van der Waals surface area contributed by atoms with Crippen LogP contribution in [0.15, 0.2) is 53.8 Å². The van der Waals surface area contributed by atoms with Gasteiger partial charge in [0.1, 0.15) is 5.75 Å². The third-order valence-corrected chi connectivity index (χ3v) is 4.46. The van der Waals surface area contributed by atoms with Gasteiger partial charge in [-0.3, -0.25) is 4.98 Å². The summed E-state index contributed by atoms with van der Waals surface area (Å²) in [6, 6.07) is 13.8. The Morgan fingerprint density at radius 1 is 1.09 bits per heavy atom. The molecule has 3 rings (SSSR count). The molecule has 5 nitrogen and oxygen atoms in total. The molecule has 0 aliphatic heterocycles. The molecule has 0 atom stereocenters. The van der Waals surface area contributed by atoms with Gasteiger partial charge in [0, 0.05) is 24.1 Å². The van der Waals surface area contributed by atoms with Crippen molar-refractivity contribution in [3.8, 4) is 17.1 Å². The molecule has 0 fully saturated rings. The van der Waals surface area contributed by atoms with Gasteiger partial charge in [-0.25, -0.2) is 0 Å². The van der Waals surface area contributed by atoms with Crippen LogP contribution in [0.4, 0.5) is 0 Å². The van der Waals surface area contributed by atoms with Crippen molar-refractivity contribution in [2.24, 2.45) is 0 Å². The van der Waals surface area contributed by atoms with Crippen LogP contribution in [-0.4, -0.2) is 26.9 Å². The number of aromatic nitrogens is 4. The summed E-state index contributed by atoms with van der Waals surface area (Å²) in [6.07, 6.45) is 1.81. The second kappa shape index (κ2) is 7.28. The lowest BCUT2D eigenvalue weighted by Gasteiger charge is -2.07. The average Bonchev–Trinajstić information content (AvgIpc) is 3.04. The molecule has 3 aromatic rings. The number of rotatable bonds is 6. The highest BCUT2D eigenvalue weighted by Crippen LogP contribution is 2.26. The van der Waals surface area contributed by atoms with Crippen LogP contribution in [0.1, 0.15) is 12.6 Å². The van der Waals surface area contributed by atoms with Crippen LogP contribution in [0.5, 0.6) is 5.75 Å². The van der Waals surface area contributed by atoms with Gasteiger partial charge in [0.2, 0.25) is 0 Å². The summed E-state index contributed by atoms with van der Waals surface area (Å²) in [5, 5.41) is 9.60. The lowest BCUT2D eigenvalue weighted by molar-refractivity contribution is 0.415. The fourth-order valence-electron chi connectivity index (χ4n) is 2.26. The lowest BCUT2D eigenvalue weighted by Crippen LogP contribution is -2.00. The minimum Gasteiger partial charge on any atom is -0.497 e. The molecule has 0 radical (unpaired) electrons. The SMILES string of the molecule is CCn1c(SCc2ccccn2)nnc1-c1ccc(OC)cc1. The Labute approximate surface area is 139 Å². The number of pyridine rings is 1. The first-order chi connectivity index (χ1) is 11.3. The molecule has 0 aliphatic carbocycles. The number of methoxy groups -OCH3 is 1. The molecule has 23 heavy (non-hydrogen) atoms. The van der Waals surface area contributed by atoms with Crippen molar-refractivity contribution < 1.29 is 4.74 Å². The summed E-state index contributed by atoms with van der Waals surface area (Å²) in [4.78, 5) is 4.34. The van der Waals surface area contributed by atoms with E-state index in [0.29, 0.717) is 0 Å². The van der Waals surface area contributed by atoms with Crippen molar-refractivity contribution in [2.45, 2.75) is 24.4 Å². The molecule has 6 heteroatoms. The molecule has 0 bridgehead atoms. The lowest BCUT2D eigenvalue weighted by atomic mass is 10.2. The highest BCUT2D eigenvalue weighted by molar-refractivity contribution is 7.98. The Morgan fingerprint density at radius 2 is 1.91 bits per heavy atom. The Kier molecular flexibility index (Phi) is 4.92. The molecule has 0 saturated heterocycles. The standard InChI is InChI=1S/C17H18N4OS/c1-3-21-16(13-7-9-15(22-2)10-8-13)19-20-17(21)23-12-14-6-4-5-11-18-14/h4-11H,3,12H2,1-2H3. The zero-order valence-corrected chi connectivity index (χ0v) is 14.0. The highest BCUT2D eigenvalue weighted by Gasteiger charge is 2.13. The molecule has 118 valence electrons. The van der Waals surface area contributed by atoms with E-state index < -0.39 is 0 Å². The van der Waals surface area contributed by atoms with E-state index in [2.05, 4.69) is 26.7 Å². The molecule has 0 saturated carbocycles. The van der Waals surface area contributed by atoms with Crippen molar-refractivity contribution in [1.29, 1.82) is 0 Å². The highest BCUT2D eigenvalue weighted by atomic mass is 32.2. The van der Waals surface area contributed by atoms with Gasteiger partial charge in [-0.1, -0.05) is 17.8 Å². The largest absolute Gasteiger partial charge is 0.497 e. The summed E-state index contributed by atoms with van der Waals surface area (Å²) < 4.78 is 7.32. The molecular formula is C17H18N4OS. The fourth-order valence-corrected chi connectivity index (χ4v) is 3.17. The van der Waals surface area contributed by atoms with Crippen molar-refractivity contribution >= 4 is 11.8 Å². The molecule has 0 aliphatic rings. The van der Waals surface area contributed by atoms with Gasteiger partial charge >= 0.3 is 0 Å². The van der Waals surface area contributed by atoms with Crippen LogP contribution in [-0.2, 0) is 12.3 Å². The normalized spacial score (nSPS) is 10.7. The number of hydrogen-bond donors (Lipinski definition) is 0. The van der Waals surface area contributed by atoms with Gasteiger partial charge in [-0.15, -0.1) is 10.2 Å². The van der Waals surface area contributed by atoms with Crippen LogP contribution in [0.3, 0.4) is 0 Å². The molecule has 0 amide bonds. The van der Waals surface area contributed by atoms with E-state index in [1.54, 1.807) is 18.9 Å². The zero-order chi connectivity index (χ0) is 16.1. The van der Waals surface area contributed by atoms with Crippen LogP contribution in [0, 0.1) is 0 Å². The minimum absolute atomic E-state index is 0.779. The summed E-state index contributed by atoms with van der Waals surface area (Å²) in [5.74, 6) is 2.49. The zero-order valence-electron chi connectivity index (χ0n) is 13.1. The summed E-state index contributed by atoms with van der Waals surface area (Å²) in [7, 11) is 1.66. The number of hydrogen-bond acceptors (Lipinski definition) is 5. The predicted molar refractivity (Wildman–Crippen MR) is 91.5 cm³/mol. The maximum absolute atomic E-state index is 5.20. The van der Waals surface area contributed by atoms with Gasteiger partial charge in [0.25, 0.3) is 0 Å². The molecule has 1 aromatic carbocycles. The van der Waals surface area contributed by atoms with Crippen LogP contribution >= 0.6 is 11.8 Å². The summed E-state index contributed by atoms with van der Waals surface area (Å²) >= 11 is 1.65. The van der Waals surface area contributed by atoms with Gasteiger partial charge in [0.15, 0.2) is 11.0 Å². The van der Waals surface area contributed by atoms with E-state index in [4.69, 9.17) is 4.74 Å². The Bertz CT molecular complexity index is 756. The third-order valence-electron chi connectivity index (χ3n) is 3.46. The maximum Gasteiger partial charge on any atom is 0.191 e. The average molecular weight is 326 g/mol. The van der Waals surface area contributed by atoms with Crippen LogP contribution < -0.4 is 4.74 Å². The predicted octanol–water partition coefficient (Wildman–Crippen LogP) is 3.66. The Morgan fingerprint density at radius 3 is 2.57 bits per heavy atom. The number of ether oxygens (including phenoxy) is 1. The molecule has 2 aromatic heterocycles. The molecule has 0 N–H and O–H groups in total. The third kappa shape index (κ3) is 3.53. The second-order valence-corrected chi connectivity index (χ2v) is 5.83. The van der Waals surface area contributed by atoms with E-state index in [-0.39, 0.29) is 0 Å². The van der Waals surface area contributed by atoms with E-state index >= 15 is 0 Å². The van der Waals surface area contributed by atoms with Gasteiger partial charge in [-0.05, 0) is 43.3 Å². The van der Waals surface area contributed by atoms with Crippen molar-refractivity contribution in [3.63, 3.8) is 0 Å². The Hall–Kier alpha value is -2.34. The van der Waals surface area contributed by atoms with E-state index in [1.807, 2.05) is 48.7 Å². The van der Waals surface area contributed by atoms with Gasteiger partial charge in [0.05, 0.1) is 12.8 Å². The van der Waals surface area contributed by atoms with Gasteiger partial charge < -0.3 is 9.30 Å². The minimum atomic E-state index is 0.779. The molecule has 2 heterocycles. The first kappa shape index (κ1) is 15.6. The van der Waals surface area contributed by atoms with Crippen molar-refractivity contribution in [3.05, 3.63) is 54.4 Å². The first-order valence-corrected chi connectivity index (χ1v) is 8.40. The first-order valence-electron chi connectivity index (χ1n) is 7.42. The van der Waals surface area contributed by atoms with Crippen LogP contribution in [0.25, 0.3) is 11.4 Å². The van der Waals surface area contributed by atoms with Crippen LogP contribution in [0.2, 0.25) is 0 Å². The van der Waals surface area contributed by atoms with Crippen molar-refractivity contribution in [1.82, 2.24) is 19.7 Å². The molecular weight excluding hydrogens is 308 g/mol. The smallest absolute Gasteiger partial charge is 0.191 e. The summed E-state index contributed by atoms with van der Waals surface area (Å²) in [6.45, 7) is 2.92. The van der Waals surface area contributed by atoms with Gasteiger partial charge in [-0.2, -0.15) is 0 Å². The fraction of sp³-hybridized carbons (Fsp3) is 0.235. The molecule has 0 spiro atoms.